The van der Waals surface area contributed by atoms with E-state index in [1.807, 2.05) is 17.0 Å². The number of piperidine rings is 1. The van der Waals surface area contributed by atoms with Crippen molar-refractivity contribution in [1.29, 1.82) is 0 Å². The summed E-state index contributed by atoms with van der Waals surface area (Å²) in [5.41, 5.74) is 2.11. The molecule has 0 aromatic heterocycles. The molecule has 0 saturated carbocycles. The number of piperazine rings is 1. The van der Waals surface area contributed by atoms with Crippen LogP contribution in [-0.2, 0) is 6.42 Å². The fourth-order valence-corrected chi connectivity index (χ4v) is 3.87. The second-order valence-electron chi connectivity index (χ2n) is 7.27. The van der Waals surface area contributed by atoms with Crippen molar-refractivity contribution in [1.82, 2.24) is 14.7 Å². The Morgan fingerprint density at radius 2 is 1.75 bits per heavy atom. The highest BCUT2D eigenvalue weighted by molar-refractivity contribution is 5.94. The minimum atomic E-state index is 0.187. The van der Waals surface area contributed by atoms with E-state index in [2.05, 4.69) is 35.9 Å². The smallest absolute Gasteiger partial charge is 0.253 e. The van der Waals surface area contributed by atoms with Gasteiger partial charge in [0.1, 0.15) is 0 Å². The summed E-state index contributed by atoms with van der Waals surface area (Å²) in [5, 5.41) is 0. The average molecular weight is 329 g/mol. The van der Waals surface area contributed by atoms with Crippen molar-refractivity contribution in [2.45, 2.75) is 38.6 Å². The van der Waals surface area contributed by atoms with Crippen molar-refractivity contribution < 1.29 is 4.79 Å². The van der Waals surface area contributed by atoms with E-state index >= 15 is 0 Å². The van der Waals surface area contributed by atoms with Gasteiger partial charge in [0.05, 0.1) is 0 Å². The molecular weight excluding hydrogens is 298 g/mol. The third kappa shape index (κ3) is 4.17. The van der Waals surface area contributed by atoms with Gasteiger partial charge in [-0.1, -0.05) is 25.5 Å². The molecule has 3 rings (SSSR count). The van der Waals surface area contributed by atoms with E-state index in [-0.39, 0.29) is 5.91 Å². The van der Waals surface area contributed by atoms with Gasteiger partial charge in [0.2, 0.25) is 0 Å². The minimum Gasteiger partial charge on any atom is -0.336 e. The van der Waals surface area contributed by atoms with Crippen LogP contribution in [0.5, 0.6) is 0 Å². The monoisotopic (exact) mass is 329 g/mol. The number of hydrogen-bond acceptors (Lipinski definition) is 3. The Kier molecular flexibility index (Phi) is 5.90. The zero-order chi connectivity index (χ0) is 16.9. The summed E-state index contributed by atoms with van der Waals surface area (Å²) in [6, 6.07) is 8.79. The zero-order valence-electron chi connectivity index (χ0n) is 15.2. The van der Waals surface area contributed by atoms with E-state index in [0.717, 1.165) is 44.7 Å². The standard InChI is InChI=1S/C20H31N3O/c1-3-17-7-9-18(10-8-17)20(24)23-14-12-22(13-15-23)16-19-6-4-5-11-21(19)2/h7-10,19H,3-6,11-16H2,1-2H3/t19-/m1/s1. The Balaban J connectivity index is 1.49. The molecule has 4 heteroatoms. The van der Waals surface area contributed by atoms with Gasteiger partial charge in [-0.2, -0.15) is 0 Å². The Bertz CT molecular complexity index is 534. The number of aryl methyl sites for hydroxylation is 1. The van der Waals surface area contributed by atoms with Crippen molar-refractivity contribution in [3.63, 3.8) is 0 Å². The first-order valence-corrected chi connectivity index (χ1v) is 9.48. The Morgan fingerprint density at radius 3 is 2.38 bits per heavy atom. The average Bonchev–Trinajstić information content (AvgIpc) is 2.64. The summed E-state index contributed by atoms with van der Waals surface area (Å²) >= 11 is 0. The molecule has 0 radical (unpaired) electrons. The molecule has 0 aliphatic carbocycles. The Hall–Kier alpha value is -1.39. The van der Waals surface area contributed by atoms with Crippen LogP contribution in [0.25, 0.3) is 0 Å². The molecule has 0 N–H and O–H groups in total. The highest BCUT2D eigenvalue weighted by atomic mass is 16.2. The lowest BCUT2D eigenvalue weighted by Gasteiger charge is -2.40. The van der Waals surface area contributed by atoms with Crippen molar-refractivity contribution in [2.24, 2.45) is 0 Å². The van der Waals surface area contributed by atoms with Gasteiger partial charge in [0, 0.05) is 44.3 Å². The number of hydrogen-bond donors (Lipinski definition) is 0. The third-order valence-electron chi connectivity index (χ3n) is 5.66. The van der Waals surface area contributed by atoms with Crippen molar-refractivity contribution >= 4 is 5.91 Å². The number of benzene rings is 1. The lowest BCUT2D eigenvalue weighted by atomic mass is 10.0. The van der Waals surface area contributed by atoms with Gasteiger partial charge < -0.3 is 9.80 Å². The summed E-state index contributed by atoms with van der Waals surface area (Å²) in [5.74, 6) is 0.187. The summed E-state index contributed by atoms with van der Waals surface area (Å²) < 4.78 is 0. The molecule has 0 unspecified atom stereocenters. The Labute approximate surface area is 146 Å². The lowest BCUT2D eigenvalue weighted by molar-refractivity contribution is 0.0565. The summed E-state index contributed by atoms with van der Waals surface area (Å²) in [6.45, 7) is 8.24. The van der Waals surface area contributed by atoms with Gasteiger partial charge in [0.15, 0.2) is 0 Å². The maximum absolute atomic E-state index is 12.6. The van der Waals surface area contributed by atoms with Crippen LogP contribution in [0.15, 0.2) is 24.3 Å². The molecule has 0 bridgehead atoms. The van der Waals surface area contributed by atoms with Crippen LogP contribution in [0.1, 0.15) is 42.1 Å². The number of rotatable bonds is 4. The number of likely N-dealkylation sites (tertiary alicyclic amines) is 1. The molecule has 1 aromatic carbocycles. The normalized spacial score (nSPS) is 23.4. The first-order chi connectivity index (χ1) is 11.7. The highest BCUT2D eigenvalue weighted by Crippen LogP contribution is 2.17. The molecule has 1 atom stereocenters. The van der Waals surface area contributed by atoms with Gasteiger partial charge in [-0.25, -0.2) is 0 Å². The molecule has 0 spiro atoms. The number of nitrogens with zero attached hydrogens (tertiary/aromatic N) is 3. The Morgan fingerprint density at radius 1 is 1.04 bits per heavy atom. The number of carbonyl (C=O) groups is 1. The first kappa shape index (κ1) is 17.4. The van der Waals surface area contributed by atoms with E-state index in [4.69, 9.17) is 0 Å². The zero-order valence-corrected chi connectivity index (χ0v) is 15.2. The SMILES string of the molecule is CCc1ccc(C(=O)N2CCN(C[C@H]3CCCCN3C)CC2)cc1. The quantitative estimate of drug-likeness (QED) is 0.849. The van der Waals surface area contributed by atoms with Crippen LogP contribution < -0.4 is 0 Å². The van der Waals surface area contributed by atoms with Crippen molar-refractivity contribution in [3.8, 4) is 0 Å². The van der Waals surface area contributed by atoms with E-state index in [0.29, 0.717) is 6.04 Å². The van der Waals surface area contributed by atoms with Gasteiger partial charge >= 0.3 is 0 Å². The second kappa shape index (κ2) is 8.13. The fourth-order valence-electron chi connectivity index (χ4n) is 3.87. The molecule has 2 fully saturated rings. The van der Waals surface area contributed by atoms with E-state index < -0.39 is 0 Å². The van der Waals surface area contributed by atoms with Crippen LogP contribution in [0.4, 0.5) is 0 Å². The van der Waals surface area contributed by atoms with Crippen LogP contribution in [0.2, 0.25) is 0 Å². The van der Waals surface area contributed by atoms with E-state index in [1.54, 1.807) is 0 Å². The molecule has 132 valence electrons. The molecule has 2 aliphatic heterocycles. The van der Waals surface area contributed by atoms with Crippen LogP contribution in [-0.4, -0.2) is 73.0 Å². The predicted molar refractivity (Wildman–Crippen MR) is 98.4 cm³/mol. The van der Waals surface area contributed by atoms with E-state index in [1.165, 1.54) is 31.4 Å². The highest BCUT2D eigenvalue weighted by Gasteiger charge is 2.26. The fraction of sp³-hybridized carbons (Fsp3) is 0.650. The molecule has 2 heterocycles. The molecule has 1 aromatic rings. The molecule has 4 nitrogen and oxygen atoms in total. The van der Waals surface area contributed by atoms with Crippen LogP contribution in [0, 0.1) is 0 Å². The van der Waals surface area contributed by atoms with Crippen LogP contribution >= 0.6 is 0 Å². The summed E-state index contributed by atoms with van der Waals surface area (Å²) in [7, 11) is 2.25. The van der Waals surface area contributed by atoms with E-state index in [9.17, 15) is 4.79 Å². The third-order valence-corrected chi connectivity index (χ3v) is 5.66. The summed E-state index contributed by atoms with van der Waals surface area (Å²) in [4.78, 5) is 19.7. The molecular formula is C20H31N3O. The molecule has 2 aliphatic rings. The predicted octanol–water partition coefficient (Wildman–Crippen LogP) is 2.49. The van der Waals surface area contributed by atoms with Gasteiger partial charge in [-0.3, -0.25) is 9.69 Å². The molecule has 2 saturated heterocycles. The number of likely N-dealkylation sites (N-methyl/N-ethyl adjacent to an activating group) is 1. The van der Waals surface area contributed by atoms with Crippen molar-refractivity contribution in [2.75, 3.05) is 46.3 Å². The number of carbonyl (C=O) groups excluding carboxylic acids is 1. The largest absolute Gasteiger partial charge is 0.336 e. The summed E-state index contributed by atoms with van der Waals surface area (Å²) in [6.07, 6.45) is 5.04. The topological polar surface area (TPSA) is 26.8 Å². The molecule has 24 heavy (non-hydrogen) atoms. The number of amides is 1. The van der Waals surface area contributed by atoms with Gasteiger partial charge in [-0.15, -0.1) is 0 Å². The molecule has 1 amide bonds. The van der Waals surface area contributed by atoms with Gasteiger partial charge in [-0.05, 0) is 50.6 Å². The second-order valence-corrected chi connectivity index (χ2v) is 7.27. The maximum Gasteiger partial charge on any atom is 0.253 e. The minimum absolute atomic E-state index is 0.187. The maximum atomic E-state index is 12.6. The van der Waals surface area contributed by atoms with Gasteiger partial charge in [0.25, 0.3) is 5.91 Å². The van der Waals surface area contributed by atoms with Crippen molar-refractivity contribution in [3.05, 3.63) is 35.4 Å². The van der Waals surface area contributed by atoms with Crippen LogP contribution in [0.3, 0.4) is 0 Å². The lowest BCUT2D eigenvalue weighted by Crippen LogP contribution is -2.53. The first-order valence-electron chi connectivity index (χ1n) is 9.48.